The zero-order valence-electron chi connectivity index (χ0n) is 9.44. The predicted molar refractivity (Wildman–Crippen MR) is 67.8 cm³/mol. The maximum atomic E-state index is 11.9. The Morgan fingerprint density at radius 1 is 1.47 bits per heavy atom. The molecule has 0 bridgehead atoms. The Balaban J connectivity index is 2.20. The number of aromatic nitrogens is 3. The first-order chi connectivity index (χ1) is 8.08. The van der Waals surface area contributed by atoms with E-state index in [9.17, 15) is 4.79 Å². The van der Waals surface area contributed by atoms with Crippen LogP contribution in [0.15, 0.2) is 29.0 Å². The third-order valence-electron chi connectivity index (χ3n) is 2.36. The summed E-state index contributed by atoms with van der Waals surface area (Å²) >= 11 is 3.39. The first-order valence-corrected chi connectivity index (χ1v) is 5.78. The van der Waals surface area contributed by atoms with Crippen molar-refractivity contribution in [2.45, 2.75) is 6.92 Å². The molecular weight excluding hydrogens is 284 g/mol. The first-order valence-electron chi connectivity index (χ1n) is 4.99. The number of hydrogen-bond donors (Lipinski definition) is 1. The minimum absolute atomic E-state index is 0.197. The summed E-state index contributed by atoms with van der Waals surface area (Å²) in [5.41, 5.74) is 1.60. The van der Waals surface area contributed by atoms with E-state index < -0.39 is 0 Å². The van der Waals surface area contributed by atoms with Crippen LogP contribution in [0.4, 0.5) is 5.95 Å². The van der Waals surface area contributed by atoms with Crippen LogP contribution in [0.2, 0.25) is 0 Å². The number of nitrogens with zero attached hydrogens (tertiary/aromatic N) is 3. The molecule has 0 saturated carbocycles. The number of hydrogen-bond acceptors (Lipinski definition) is 3. The van der Waals surface area contributed by atoms with E-state index in [0.29, 0.717) is 11.5 Å². The summed E-state index contributed by atoms with van der Waals surface area (Å²) in [6.07, 6.45) is 1.39. The van der Waals surface area contributed by atoms with E-state index in [-0.39, 0.29) is 5.91 Å². The fraction of sp³-hybridized carbons (Fsp3) is 0.182. The average molecular weight is 295 g/mol. The molecule has 0 aliphatic heterocycles. The Bertz CT molecular complexity index is 564. The Hall–Kier alpha value is -1.69. The fourth-order valence-corrected chi connectivity index (χ4v) is 1.62. The summed E-state index contributed by atoms with van der Waals surface area (Å²) in [6.45, 7) is 1.93. The monoisotopic (exact) mass is 294 g/mol. The van der Waals surface area contributed by atoms with Gasteiger partial charge in [-0.15, -0.1) is 0 Å². The van der Waals surface area contributed by atoms with Gasteiger partial charge in [-0.05, 0) is 30.7 Å². The number of halogens is 1. The number of anilines is 1. The topological polar surface area (TPSA) is 59.8 Å². The summed E-state index contributed by atoms with van der Waals surface area (Å²) < 4.78 is 2.48. The third kappa shape index (κ3) is 2.52. The second-order valence-corrected chi connectivity index (χ2v) is 4.48. The second kappa shape index (κ2) is 4.67. The predicted octanol–water partition coefficient (Wildman–Crippen LogP) is 2.14. The average Bonchev–Trinajstić information content (AvgIpc) is 2.68. The minimum Gasteiger partial charge on any atom is -0.291 e. The number of nitrogens with one attached hydrogen (secondary N) is 1. The fourth-order valence-electron chi connectivity index (χ4n) is 1.37. The smallest absolute Gasteiger partial charge is 0.258 e. The van der Waals surface area contributed by atoms with Gasteiger partial charge in [0.2, 0.25) is 5.95 Å². The van der Waals surface area contributed by atoms with Gasteiger partial charge in [-0.2, -0.15) is 10.1 Å². The molecule has 6 heteroatoms. The summed E-state index contributed by atoms with van der Waals surface area (Å²) in [6, 6.07) is 5.42. The van der Waals surface area contributed by atoms with E-state index in [4.69, 9.17) is 0 Å². The van der Waals surface area contributed by atoms with Gasteiger partial charge >= 0.3 is 0 Å². The maximum Gasteiger partial charge on any atom is 0.258 e. The minimum atomic E-state index is -0.197. The molecule has 0 spiro atoms. The van der Waals surface area contributed by atoms with Crippen LogP contribution >= 0.6 is 15.9 Å². The highest BCUT2D eigenvalue weighted by atomic mass is 79.9. The highest BCUT2D eigenvalue weighted by Crippen LogP contribution is 2.17. The molecule has 1 aromatic carbocycles. The lowest BCUT2D eigenvalue weighted by Crippen LogP contribution is -2.15. The molecule has 0 saturated heterocycles. The summed E-state index contributed by atoms with van der Waals surface area (Å²) in [5.74, 6) is 0.229. The Labute approximate surface area is 107 Å². The number of carbonyl (C=O) groups excluding carboxylic acids is 1. The van der Waals surface area contributed by atoms with Crippen LogP contribution in [0.5, 0.6) is 0 Å². The lowest BCUT2D eigenvalue weighted by atomic mass is 10.1. The lowest BCUT2D eigenvalue weighted by Gasteiger charge is -2.05. The van der Waals surface area contributed by atoms with Crippen molar-refractivity contribution in [1.82, 2.24) is 14.8 Å². The van der Waals surface area contributed by atoms with E-state index in [1.54, 1.807) is 13.1 Å². The van der Waals surface area contributed by atoms with E-state index in [2.05, 4.69) is 31.3 Å². The molecule has 0 unspecified atom stereocenters. The molecule has 1 N–H and O–H groups in total. The summed E-state index contributed by atoms with van der Waals surface area (Å²) in [5, 5.41) is 6.57. The van der Waals surface area contributed by atoms with E-state index >= 15 is 0 Å². The van der Waals surface area contributed by atoms with Crippen LogP contribution in [0, 0.1) is 6.92 Å². The number of amides is 1. The van der Waals surface area contributed by atoms with Crippen LogP contribution in [-0.2, 0) is 7.05 Å². The largest absolute Gasteiger partial charge is 0.291 e. The van der Waals surface area contributed by atoms with Crippen LogP contribution in [0.1, 0.15) is 15.9 Å². The van der Waals surface area contributed by atoms with Gasteiger partial charge in [0, 0.05) is 17.1 Å². The zero-order chi connectivity index (χ0) is 12.4. The van der Waals surface area contributed by atoms with Gasteiger partial charge in [0.25, 0.3) is 5.91 Å². The molecule has 1 heterocycles. The van der Waals surface area contributed by atoms with Crippen LogP contribution in [0.3, 0.4) is 0 Å². The summed E-state index contributed by atoms with van der Waals surface area (Å²) in [7, 11) is 1.72. The molecule has 1 amide bonds. The second-order valence-electron chi connectivity index (χ2n) is 3.63. The molecule has 0 radical (unpaired) electrons. The number of benzene rings is 1. The molecule has 1 aromatic heterocycles. The van der Waals surface area contributed by atoms with Crippen LogP contribution in [-0.4, -0.2) is 20.7 Å². The van der Waals surface area contributed by atoms with Gasteiger partial charge in [-0.25, -0.2) is 4.68 Å². The highest BCUT2D eigenvalue weighted by Gasteiger charge is 2.10. The van der Waals surface area contributed by atoms with Crippen molar-refractivity contribution in [3.63, 3.8) is 0 Å². The molecule has 17 heavy (non-hydrogen) atoms. The quantitative estimate of drug-likeness (QED) is 0.923. The Morgan fingerprint density at radius 2 is 2.24 bits per heavy atom. The van der Waals surface area contributed by atoms with Crippen molar-refractivity contribution in [3.8, 4) is 0 Å². The molecular formula is C11H11BrN4O. The maximum absolute atomic E-state index is 11.9. The molecule has 88 valence electrons. The highest BCUT2D eigenvalue weighted by molar-refractivity contribution is 9.10. The van der Waals surface area contributed by atoms with Crippen LogP contribution in [0.25, 0.3) is 0 Å². The van der Waals surface area contributed by atoms with Crippen molar-refractivity contribution >= 4 is 27.8 Å². The van der Waals surface area contributed by atoms with Crippen molar-refractivity contribution < 1.29 is 4.79 Å². The number of rotatable bonds is 2. The van der Waals surface area contributed by atoms with Gasteiger partial charge in [-0.3, -0.25) is 10.1 Å². The molecule has 2 aromatic rings. The van der Waals surface area contributed by atoms with Crippen molar-refractivity contribution in [2.24, 2.45) is 7.05 Å². The Kier molecular flexibility index (Phi) is 3.23. The zero-order valence-corrected chi connectivity index (χ0v) is 11.0. The molecule has 0 fully saturated rings. The van der Waals surface area contributed by atoms with Crippen LogP contribution < -0.4 is 5.32 Å². The SMILES string of the molecule is Cc1cc(C(=O)Nc2ncnn2C)ccc1Br. The van der Waals surface area contributed by atoms with E-state index in [1.165, 1.54) is 11.0 Å². The van der Waals surface area contributed by atoms with Crippen molar-refractivity contribution in [1.29, 1.82) is 0 Å². The molecule has 0 aliphatic carbocycles. The van der Waals surface area contributed by atoms with Gasteiger partial charge in [-0.1, -0.05) is 15.9 Å². The van der Waals surface area contributed by atoms with Gasteiger partial charge in [0.1, 0.15) is 6.33 Å². The van der Waals surface area contributed by atoms with Gasteiger partial charge < -0.3 is 0 Å². The van der Waals surface area contributed by atoms with Gasteiger partial charge in [0.15, 0.2) is 0 Å². The standard InChI is InChI=1S/C11H11BrN4O/c1-7-5-8(3-4-9(7)12)10(17)15-11-13-6-14-16(11)2/h3-6H,1-2H3,(H,13,14,15,17). The molecule has 5 nitrogen and oxygen atoms in total. The lowest BCUT2D eigenvalue weighted by molar-refractivity contribution is 0.102. The third-order valence-corrected chi connectivity index (χ3v) is 3.25. The van der Waals surface area contributed by atoms with E-state index in [0.717, 1.165) is 10.0 Å². The Morgan fingerprint density at radius 3 is 2.82 bits per heavy atom. The molecule has 0 atom stereocenters. The van der Waals surface area contributed by atoms with Crippen molar-refractivity contribution in [3.05, 3.63) is 40.1 Å². The molecule has 0 aliphatic rings. The number of carbonyl (C=O) groups is 1. The van der Waals surface area contributed by atoms with Gasteiger partial charge in [0.05, 0.1) is 0 Å². The van der Waals surface area contributed by atoms with E-state index in [1.807, 2.05) is 19.1 Å². The molecule has 2 rings (SSSR count). The summed E-state index contributed by atoms with van der Waals surface area (Å²) in [4.78, 5) is 15.9. The number of aryl methyl sites for hydroxylation is 2. The van der Waals surface area contributed by atoms with Crippen molar-refractivity contribution in [2.75, 3.05) is 5.32 Å². The normalized spacial score (nSPS) is 10.3. The first kappa shape index (κ1) is 11.8.